The zero-order chi connectivity index (χ0) is 21.5. The van der Waals surface area contributed by atoms with Gasteiger partial charge >= 0.3 is 0 Å². The molecule has 4 heterocycles. The Morgan fingerprint density at radius 1 is 1.29 bits per heavy atom. The molecule has 3 aromatic heterocycles. The number of aliphatic hydroxyl groups is 1. The number of rotatable bonds is 6. The van der Waals surface area contributed by atoms with E-state index in [2.05, 4.69) is 15.4 Å². The Labute approximate surface area is 183 Å². The van der Waals surface area contributed by atoms with Gasteiger partial charge in [-0.25, -0.2) is 4.98 Å². The summed E-state index contributed by atoms with van der Waals surface area (Å²) in [6, 6.07) is 5.80. The monoisotopic (exact) mass is 439 g/mol. The molecule has 1 aliphatic carbocycles. The molecule has 2 aliphatic rings. The topological polar surface area (TPSA) is 100 Å². The number of carbonyl (C=O) groups excluding carboxylic acids is 2. The van der Waals surface area contributed by atoms with Gasteiger partial charge in [-0.1, -0.05) is 6.07 Å². The average molecular weight is 440 g/mol. The Hall–Kier alpha value is -2.78. The SMILES string of the molecule is Cn1nc(C2CC2)cc1C(=O)N1CC[C@H](c2c(C(=O)NCCO)sc3ncccc23)C1. The number of fused-ring (bicyclic) bond motifs is 1. The second kappa shape index (κ2) is 8.05. The van der Waals surface area contributed by atoms with Crippen molar-refractivity contribution in [2.45, 2.75) is 31.1 Å². The van der Waals surface area contributed by atoms with Crippen molar-refractivity contribution in [3.8, 4) is 0 Å². The number of hydrogen-bond acceptors (Lipinski definition) is 6. The van der Waals surface area contributed by atoms with Crippen molar-refractivity contribution in [2.75, 3.05) is 26.2 Å². The van der Waals surface area contributed by atoms with Gasteiger partial charge in [0.2, 0.25) is 0 Å². The van der Waals surface area contributed by atoms with Crippen molar-refractivity contribution < 1.29 is 14.7 Å². The molecule has 1 aliphatic heterocycles. The minimum absolute atomic E-state index is 0.00616. The van der Waals surface area contributed by atoms with E-state index in [4.69, 9.17) is 5.11 Å². The van der Waals surface area contributed by atoms with Gasteiger partial charge < -0.3 is 15.3 Å². The quantitative estimate of drug-likeness (QED) is 0.614. The number of aromatic nitrogens is 3. The van der Waals surface area contributed by atoms with Crippen LogP contribution in [0.2, 0.25) is 0 Å². The van der Waals surface area contributed by atoms with Crippen molar-refractivity contribution in [3.63, 3.8) is 0 Å². The fraction of sp³-hybridized carbons (Fsp3) is 0.455. The van der Waals surface area contributed by atoms with Crippen LogP contribution in [0.4, 0.5) is 0 Å². The second-order valence-corrected chi connectivity index (χ2v) is 9.27. The van der Waals surface area contributed by atoms with Crippen molar-refractivity contribution in [2.24, 2.45) is 7.05 Å². The zero-order valence-electron chi connectivity index (χ0n) is 17.4. The highest BCUT2D eigenvalue weighted by Crippen LogP contribution is 2.41. The minimum Gasteiger partial charge on any atom is -0.395 e. The molecule has 162 valence electrons. The molecule has 0 unspecified atom stereocenters. The predicted octanol–water partition coefficient (Wildman–Crippen LogP) is 2.26. The number of likely N-dealkylation sites (tertiary alicyclic amines) is 1. The summed E-state index contributed by atoms with van der Waals surface area (Å²) >= 11 is 1.37. The molecule has 0 bridgehead atoms. The highest BCUT2D eigenvalue weighted by atomic mass is 32.1. The van der Waals surface area contributed by atoms with Gasteiger partial charge in [0.05, 0.1) is 17.2 Å². The number of aryl methyl sites for hydroxylation is 1. The van der Waals surface area contributed by atoms with E-state index in [1.54, 1.807) is 10.9 Å². The van der Waals surface area contributed by atoms with Crippen LogP contribution in [-0.2, 0) is 7.05 Å². The van der Waals surface area contributed by atoms with E-state index in [1.165, 1.54) is 11.3 Å². The third kappa shape index (κ3) is 3.72. The van der Waals surface area contributed by atoms with Crippen LogP contribution in [0.1, 0.15) is 62.5 Å². The average Bonchev–Trinajstić information content (AvgIpc) is 3.20. The van der Waals surface area contributed by atoms with Crippen LogP contribution >= 0.6 is 11.3 Å². The molecule has 2 amide bonds. The van der Waals surface area contributed by atoms with Gasteiger partial charge in [-0.05, 0) is 37.0 Å². The Morgan fingerprint density at radius 2 is 2.13 bits per heavy atom. The fourth-order valence-corrected chi connectivity index (χ4v) is 5.53. The Kier molecular flexibility index (Phi) is 5.23. The normalized spacial score (nSPS) is 18.6. The fourth-order valence-electron chi connectivity index (χ4n) is 4.39. The van der Waals surface area contributed by atoms with Crippen molar-refractivity contribution in [3.05, 3.63) is 46.2 Å². The van der Waals surface area contributed by atoms with E-state index in [0.717, 1.165) is 40.7 Å². The van der Waals surface area contributed by atoms with Crippen LogP contribution in [0.15, 0.2) is 24.4 Å². The molecule has 9 heteroatoms. The highest BCUT2D eigenvalue weighted by molar-refractivity contribution is 7.20. The molecule has 0 aromatic carbocycles. The van der Waals surface area contributed by atoms with Crippen molar-refractivity contribution >= 4 is 33.4 Å². The summed E-state index contributed by atoms with van der Waals surface area (Å²) in [4.78, 5) is 33.7. The molecule has 1 saturated carbocycles. The molecular formula is C22H25N5O3S. The molecule has 1 saturated heterocycles. The zero-order valence-corrected chi connectivity index (χ0v) is 18.2. The van der Waals surface area contributed by atoms with Gasteiger partial charge in [0, 0.05) is 50.1 Å². The van der Waals surface area contributed by atoms with Gasteiger partial charge in [0.1, 0.15) is 10.5 Å². The predicted molar refractivity (Wildman–Crippen MR) is 117 cm³/mol. The second-order valence-electron chi connectivity index (χ2n) is 8.27. The first-order valence-corrected chi connectivity index (χ1v) is 11.5. The van der Waals surface area contributed by atoms with Crippen LogP contribution in [0.5, 0.6) is 0 Å². The summed E-state index contributed by atoms with van der Waals surface area (Å²) in [5, 5.41) is 17.3. The Balaban J connectivity index is 1.41. The summed E-state index contributed by atoms with van der Waals surface area (Å²) in [7, 11) is 1.83. The number of aliphatic hydroxyl groups excluding tert-OH is 1. The summed E-state index contributed by atoms with van der Waals surface area (Å²) in [6.45, 7) is 1.30. The number of amides is 2. The standard InChI is InChI=1S/C22H25N5O3S/c1-26-17(11-16(25-26)13-4-5-13)22(30)27-9-6-14(12-27)18-15-3-2-7-24-21(15)31-19(18)20(29)23-8-10-28/h2-3,7,11,13-14,28H,4-6,8-10,12H2,1H3,(H,23,29)/t14-/m0/s1. The van der Waals surface area contributed by atoms with Crippen LogP contribution in [0.25, 0.3) is 10.2 Å². The first kappa shape index (κ1) is 20.1. The molecule has 0 spiro atoms. The van der Waals surface area contributed by atoms with Crippen LogP contribution < -0.4 is 5.32 Å². The molecule has 3 aromatic rings. The van der Waals surface area contributed by atoms with Gasteiger partial charge in [-0.15, -0.1) is 11.3 Å². The Morgan fingerprint density at radius 3 is 2.90 bits per heavy atom. The van der Waals surface area contributed by atoms with E-state index in [-0.39, 0.29) is 30.9 Å². The number of nitrogens with zero attached hydrogens (tertiary/aromatic N) is 4. The van der Waals surface area contributed by atoms with Crippen LogP contribution in [0.3, 0.4) is 0 Å². The lowest BCUT2D eigenvalue weighted by molar-refractivity contribution is 0.0780. The smallest absolute Gasteiger partial charge is 0.272 e. The van der Waals surface area contributed by atoms with Crippen molar-refractivity contribution in [1.82, 2.24) is 25.0 Å². The van der Waals surface area contributed by atoms with Crippen LogP contribution in [-0.4, -0.2) is 62.8 Å². The van der Waals surface area contributed by atoms with Gasteiger partial charge in [0.25, 0.3) is 11.8 Å². The summed E-state index contributed by atoms with van der Waals surface area (Å²) < 4.78 is 1.70. The largest absolute Gasteiger partial charge is 0.395 e. The van der Waals surface area contributed by atoms with Gasteiger partial charge in [-0.2, -0.15) is 5.10 Å². The Bertz CT molecular complexity index is 1150. The van der Waals surface area contributed by atoms with E-state index >= 15 is 0 Å². The number of pyridine rings is 1. The minimum atomic E-state index is -0.197. The number of hydrogen-bond donors (Lipinski definition) is 2. The van der Waals surface area contributed by atoms with E-state index in [0.29, 0.717) is 29.6 Å². The number of nitrogens with one attached hydrogen (secondary N) is 1. The van der Waals surface area contributed by atoms with E-state index in [9.17, 15) is 9.59 Å². The molecule has 0 radical (unpaired) electrons. The number of carbonyl (C=O) groups is 2. The highest BCUT2D eigenvalue weighted by Gasteiger charge is 2.35. The molecule has 2 N–H and O–H groups in total. The summed E-state index contributed by atoms with van der Waals surface area (Å²) in [5.74, 6) is 0.363. The van der Waals surface area contributed by atoms with Crippen LogP contribution in [0, 0.1) is 0 Å². The molecule has 8 nitrogen and oxygen atoms in total. The lowest BCUT2D eigenvalue weighted by atomic mass is 9.95. The molecule has 31 heavy (non-hydrogen) atoms. The molecule has 2 fully saturated rings. The maximum Gasteiger partial charge on any atom is 0.272 e. The van der Waals surface area contributed by atoms with Crippen molar-refractivity contribution in [1.29, 1.82) is 0 Å². The van der Waals surface area contributed by atoms with E-state index in [1.807, 2.05) is 30.1 Å². The lowest BCUT2D eigenvalue weighted by Crippen LogP contribution is -2.30. The summed E-state index contributed by atoms with van der Waals surface area (Å²) in [6.07, 6.45) is 4.82. The lowest BCUT2D eigenvalue weighted by Gasteiger charge is -2.17. The van der Waals surface area contributed by atoms with Gasteiger partial charge in [-0.3, -0.25) is 14.3 Å². The van der Waals surface area contributed by atoms with E-state index < -0.39 is 0 Å². The maximum atomic E-state index is 13.2. The molecule has 5 rings (SSSR count). The molecular weight excluding hydrogens is 414 g/mol. The number of thiophene rings is 1. The third-order valence-corrected chi connectivity index (χ3v) is 7.23. The molecule has 1 atom stereocenters. The first-order chi connectivity index (χ1) is 15.1. The maximum absolute atomic E-state index is 13.2. The first-order valence-electron chi connectivity index (χ1n) is 10.7. The van der Waals surface area contributed by atoms with Gasteiger partial charge in [0.15, 0.2) is 0 Å². The summed E-state index contributed by atoms with van der Waals surface area (Å²) in [5.41, 5.74) is 2.60. The third-order valence-electron chi connectivity index (χ3n) is 6.11.